The van der Waals surface area contributed by atoms with E-state index < -0.39 is 0 Å². The van der Waals surface area contributed by atoms with Gasteiger partial charge in [-0.25, -0.2) is 4.79 Å². The molecule has 3 aliphatic rings. The van der Waals surface area contributed by atoms with Gasteiger partial charge in [0.15, 0.2) is 5.78 Å². The Hall–Kier alpha value is -2.42. The first-order valence-corrected chi connectivity index (χ1v) is 7.97. The predicted octanol–water partition coefficient (Wildman–Crippen LogP) is 4.05. The quantitative estimate of drug-likeness (QED) is 0.621. The summed E-state index contributed by atoms with van der Waals surface area (Å²) >= 11 is 0. The number of Topliss-reactive ketones (excluding diaryl/α,β-unsaturated/α-hetero) is 1. The lowest BCUT2D eigenvalue weighted by atomic mass is 9.63. The second-order valence-electron chi connectivity index (χ2n) is 6.42. The van der Waals surface area contributed by atoms with Gasteiger partial charge in [0.1, 0.15) is 0 Å². The number of ether oxygens (including phenoxy) is 1. The Kier molecular flexibility index (Phi) is 3.12. The maximum absolute atomic E-state index is 11.8. The van der Waals surface area contributed by atoms with Gasteiger partial charge in [-0.05, 0) is 60.2 Å². The average Bonchev–Trinajstić information content (AvgIpc) is 2.60. The van der Waals surface area contributed by atoms with Gasteiger partial charge in [0.2, 0.25) is 0 Å². The van der Waals surface area contributed by atoms with Crippen LogP contribution in [0.5, 0.6) is 0 Å². The molecule has 2 aromatic carbocycles. The number of fused-ring (bicyclic) bond motifs is 1. The van der Waals surface area contributed by atoms with Gasteiger partial charge in [-0.15, -0.1) is 0 Å². The van der Waals surface area contributed by atoms with E-state index in [0.29, 0.717) is 17.4 Å². The number of carbonyl (C=O) groups is 2. The van der Waals surface area contributed by atoms with Crippen molar-refractivity contribution in [1.29, 1.82) is 0 Å². The normalized spacial score (nSPS) is 20.6. The molecule has 0 N–H and O–H groups in total. The summed E-state index contributed by atoms with van der Waals surface area (Å²) in [5.74, 6) is 0.462. The van der Waals surface area contributed by atoms with E-state index in [0.717, 1.165) is 18.4 Å². The van der Waals surface area contributed by atoms with Crippen molar-refractivity contribution in [2.24, 2.45) is 0 Å². The van der Waals surface area contributed by atoms with Gasteiger partial charge in [0.25, 0.3) is 0 Å². The van der Waals surface area contributed by atoms with E-state index >= 15 is 0 Å². The summed E-state index contributed by atoms with van der Waals surface area (Å²) in [6.45, 7) is 1.61. The Morgan fingerprint density at radius 1 is 0.870 bits per heavy atom. The number of carbonyl (C=O) groups excluding carboxylic acids is 2. The van der Waals surface area contributed by atoms with Crippen molar-refractivity contribution in [2.75, 3.05) is 7.11 Å². The molecule has 5 rings (SSSR count). The summed E-state index contributed by atoms with van der Waals surface area (Å²) in [7, 11) is 1.41. The van der Waals surface area contributed by atoms with E-state index in [1.807, 2.05) is 18.2 Å². The van der Waals surface area contributed by atoms with E-state index in [9.17, 15) is 9.59 Å². The molecule has 0 radical (unpaired) electrons. The molecule has 23 heavy (non-hydrogen) atoms. The number of rotatable bonds is 2. The van der Waals surface area contributed by atoms with E-state index in [1.54, 1.807) is 6.92 Å². The van der Waals surface area contributed by atoms with Gasteiger partial charge in [0.05, 0.1) is 12.7 Å². The third kappa shape index (κ3) is 2.03. The number of methoxy groups -OCH3 is 1. The minimum absolute atomic E-state index is 0.107. The molecule has 0 saturated carbocycles. The Labute approximate surface area is 135 Å². The maximum Gasteiger partial charge on any atom is 0.337 e. The number of benzene rings is 2. The number of hydrogen-bond acceptors (Lipinski definition) is 3. The van der Waals surface area contributed by atoms with Crippen molar-refractivity contribution < 1.29 is 14.3 Å². The number of esters is 1. The van der Waals surface area contributed by atoms with Gasteiger partial charge < -0.3 is 4.74 Å². The molecule has 2 unspecified atom stereocenters. The highest BCUT2D eigenvalue weighted by atomic mass is 16.5. The highest BCUT2D eigenvalue weighted by Crippen LogP contribution is 2.53. The van der Waals surface area contributed by atoms with Gasteiger partial charge in [-0.1, -0.05) is 18.2 Å². The molecule has 0 amide bonds. The van der Waals surface area contributed by atoms with Crippen molar-refractivity contribution in [3.05, 3.63) is 69.8 Å². The van der Waals surface area contributed by atoms with Gasteiger partial charge in [0, 0.05) is 17.4 Å². The van der Waals surface area contributed by atoms with Crippen LogP contribution in [0.1, 0.15) is 74.6 Å². The summed E-state index contributed by atoms with van der Waals surface area (Å²) < 4.78 is 4.84. The standard InChI is InChI=1S/C20H18O3/c1-11(21)12-3-5-14-17-8-7-16(18(14)9-12)15-6-4-13(10-19(15)17)20(22)23-2/h3-6,9-10,16-17H,7-8H2,1-2H3. The molecule has 3 heteroatoms. The fourth-order valence-electron chi connectivity index (χ4n) is 4.14. The zero-order valence-corrected chi connectivity index (χ0v) is 13.3. The van der Waals surface area contributed by atoms with Crippen molar-refractivity contribution >= 4 is 11.8 Å². The molecule has 0 aromatic heterocycles. The first kappa shape index (κ1) is 14.2. The lowest BCUT2D eigenvalue weighted by Gasteiger charge is -2.40. The average molecular weight is 306 g/mol. The second kappa shape index (κ2) is 5.05. The minimum Gasteiger partial charge on any atom is -0.465 e. The lowest BCUT2D eigenvalue weighted by Crippen LogP contribution is -2.25. The molecule has 2 bridgehead atoms. The first-order valence-electron chi connectivity index (χ1n) is 7.97. The van der Waals surface area contributed by atoms with E-state index in [1.165, 1.54) is 29.4 Å². The van der Waals surface area contributed by atoms with E-state index in [4.69, 9.17) is 4.74 Å². The van der Waals surface area contributed by atoms with Crippen molar-refractivity contribution in [3.8, 4) is 0 Å². The SMILES string of the molecule is COC(=O)c1ccc2c(c1)C1CCC2c2cc(C(C)=O)ccc21. The van der Waals surface area contributed by atoms with Gasteiger partial charge in [-0.3, -0.25) is 4.79 Å². The molecular weight excluding hydrogens is 288 g/mol. The Bertz CT molecular complexity index is 835. The zero-order chi connectivity index (χ0) is 16.1. The van der Waals surface area contributed by atoms with Crippen LogP contribution in [-0.4, -0.2) is 18.9 Å². The Balaban J connectivity index is 1.85. The molecule has 2 aromatic rings. The summed E-state index contributed by atoms with van der Waals surface area (Å²) in [5.41, 5.74) is 6.52. The van der Waals surface area contributed by atoms with Crippen molar-refractivity contribution in [1.82, 2.24) is 0 Å². The van der Waals surface area contributed by atoms with Crippen LogP contribution in [0.3, 0.4) is 0 Å². The van der Waals surface area contributed by atoms with Crippen LogP contribution in [0.4, 0.5) is 0 Å². The van der Waals surface area contributed by atoms with Crippen LogP contribution >= 0.6 is 0 Å². The number of hydrogen-bond donors (Lipinski definition) is 0. The van der Waals surface area contributed by atoms with Gasteiger partial charge in [-0.2, -0.15) is 0 Å². The molecule has 0 heterocycles. The number of ketones is 1. The summed E-state index contributed by atoms with van der Waals surface area (Å²) in [5, 5.41) is 0. The van der Waals surface area contributed by atoms with Gasteiger partial charge >= 0.3 is 5.97 Å². The Morgan fingerprint density at radius 3 is 1.91 bits per heavy atom. The van der Waals surface area contributed by atoms with Crippen LogP contribution in [0, 0.1) is 0 Å². The van der Waals surface area contributed by atoms with Crippen LogP contribution in [0.25, 0.3) is 0 Å². The minimum atomic E-state index is -0.290. The van der Waals surface area contributed by atoms with Crippen molar-refractivity contribution in [3.63, 3.8) is 0 Å². The smallest absolute Gasteiger partial charge is 0.337 e. The molecule has 2 atom stereocenters. The molecular formula is C20H18O3. The predicted molar refractivity (Wildman–Crippen MR) is 87.1 cm³/mol. The van der Waals surface area contributed by atoms with Crippen LogP contribution < -0.4 is 0 Å². The monoisotopic (exact) mass is 306 g/mol. The molecule has 0 spiro atoms. The molecule has 116 valence electrons. The molecule has 0 saturated heterocycles. The van der Waals surface area contributed by atoms with Crippen LogP contribution in [0.2, 0.25) is 0 Å². The topological polar surface area (TPSA) is 43.4 Å². The zero-order valence-electron chi connectivity index (χ0n) is 13.3. The summed E-state index contributed by atoms with van der Waals surface area (Å²) in [6.07, 6.45) is 2.19. The summed E-state index contributed by atoms with van der Waals surface area (Å²) in [4.78, 5) is 23.5. The molecule has 0 aliphatic heterocycles. The first-order chi connectivity index (χ1) is 11.1. The maximum atomic E-state index is 11.8. The largest absolute Gasteiger partial charge is 0.465 e. The van der Waals surface area contributed by atoms with E-state index in [-0.39, 0.29) is 11.8 Å². The molecule has 3 nitrogen and oxygen atoms in total. The molecule has 3 aliphatic carbocycles. The van der Waals surface area contributed by atoms with Crippen LogP contribution in [0.15, 0.2) is 36.4 Å². The Morgan fingerprint density at radius 2 is 1.39 bits per heavy atom. The summed E-state index contributed by atoms with van der Waals surface area (Å²) in [6, 6.07) is 12.0. The van der Waals surface area contributed by atoms with Crippen LogP contribution in [-0.2, 0) is 4.74 Å². The second-order valence-corrected chi connectivity index (χ2v) is 6.42. The fraction of sp³-hybridized carbons (Fsp3) is 0.300. The van der Waals surface area contributed by atoms with E-state index in [2.05, 4.69) is 18.2 Å². The fourth-order valence-corrected chi connectivity index (χ4v) is 4.14. The third-order valence-corrected chi connectivity index (χ3v) is 5.25. The van der Waals surface area contributed by atoms with Crippen molar-refractivity contribution in [2.45, 2.75) is 31.6 Å². The lowest BCUT2D eigenvalue weighted by molar-refractivity contribution is 0.0600. The third-order valence-electron chi connectivity index (χ3n) is 5.25. The highest BCUT2D eigenvalue weighted by Gasteiger charge is 2.37. The highest BCUT2D eigenvalue weighted by molar-refractivity contribution is 5.94. The molecule has 0 fully saturated rings.